The number of carbonyl (C=O) groups is 1. The van der Waals surface area contributed by atoms with Crippen LogP contribution >= 0.6 is 0 Å². The molecule has 0 spiro atoms. The van der Waals surface area contributed by atoms with E-state index in [-0.39, 0.29) is 5.92 Å². The second kappa shape index (κ2) is 5.79. The molecule has 2 atom stereocenters. The molecule has 0 aromatic heterocycles. The lowest BCUT2D eigenvalue weighted by Crippen LogP contribution is -2.16. The summed E-state index contributed by atoms with van der Waals surface area (Å²) < 4.78 is 0. The number of aldehydes is 1. The quantitative estimate of drug-likeness (QED) is 0.492. The van der Waals surface area contributed by atoms with Crippen LogP contribution in [0.1, 0.15) is 39.5 Å². The Morgan fingerprint density at radius 1 is 1.50 bits per heavy atom. The van der Waals surface area contributed by atoms with E-state index in [4.69, 9.17) is 0 Å². The molecule has 1 aliphatic rings. The summed E-state index contributed by atoms with van der Waals surface area (Å²) in [5.41, 5.74) is 1.37. The van der Waals surface area contributed by atoms with Gasteiger partial charge < -0.3 is 4.79 Å². The van der Waals surface area contributed by atoms with E-state index in [1.165, 1.54) is 5.57 Å². The van der Waals surface area contributed by atoms with Crippen molar-refractivity contribution in [1.82, 2.24) is 0 Å². The number of hydrogen-bond acceptors (Lipinski definition) is 1. The van der Waals surface area contributed by atoms with Crippen molar-refractivity contribution in [2.24, 2.45) is 11.8 Å². The predicted molar refractivity (Wildman–Crippen MR) is 60.1 cm³/mol. The van der Waals surface area contributed by atoms with Crippen molar-refractivity contribution in [3.05, 3.63) is 23.8 Å². The Bertz CT molecular complexity index is 234. The molecular weight excluding hydrogens is 172 g/mol. The van der Waals surface area contributed by atoms with Crippen molar-refractivity contribution in [2.45, 2.75) is 39.5 Å². The van der Waals surface area contributed by atoms with Gasteiger partial charge in [0, 0.05) is 5.92 Å². The fraction of sp³-hybridized carbons (Fsp3) is 0.615. The zero-order valence-corrected chi connectivity index (χ0v) is 9.20. The third-order valence-corrected chi connectivity index (χ3v) is 2.83. The van der Waals surface area contributed by atoms with Crippen LogP contribution in [-0.4, -0.2) is 6.29 Å². The monoisotopic (exact) mass is 192 g/mol. The van der Waals surface area contributed by atoms with E-state index in [0.717, 1.165) is 32.0 Å². The molecule has 0 amide bonds. The van der Waals surface area contributed by atoms with E-state index in [2.05, 4.69) is 32.1 Å². The number of hydrogen-bond donors (Lipinski definition) is 0. The van der Waals surface area contributed by atoms with E-state index in [1.807, 2.05) is 0 Å². The molecular formula is C13H20O. The fourth-order valence-electron chi connectivity index (χ4n) is 1.96. The van der Waals surface area contributed by atoms with Gasteiger partial charge in [-0.05, 0) is 45.4 Å². The Morgan fingerprint density at radius 2 is 2.29 bits per heavy atom. The Morgan fingerprint density at radius 3 is 2.93 bits per heavy atom. The topological polar surface area (TPSA) is 17.1 Å². The Labute approximate surface area is 86.9 Å². The van der Waals surface area contributed by atoms with Crippen LogP contribution in [-0.2, 0) is 4.79 Å². The van der Waals surface area contributed by atoms with E-state index in [1.54, 1.807) is 0 Å². The standard InChI is InChI=1S/C13H20O/c1-11(2)6-5-9-12-7-3-4-8-13(12)10-14/h3,6-7,10,12-13H,4-5,8-9H2,1-2H3. The Balaban J connectivity index is 2.41. The first kappa shape index (κ1) is 11.2. The summed E-state index contributed by atoms with van der Waals surface area (Å²) in [5, 5.41) is 0. The first-order valence-electron chi connectivity index (χ1n) is 5.49. The summed E-state index contributed by atoms with van der Waals surface area (Å²) in [6.07, 6.45) is 12.2. The minimum absolute atomic E-state index is 0.269. The summed E-state index contributed by atoms with van der Waals surface area (Å²) in [6.45, 7) is 4.24. The molecule has 0 radical (unpaired) electrons. The lowest BCUT2D eigenvalue weighted by atomic mass is 9.82. The average Bonchev–Trinajstić information content (AvgIpc) is 2.18. The van der Waals surface area contributed by atoms with Crippen LogP contribution in [0.15, 0.2) is 23.8 Å². The highest BCUT2D eigenvalue weighted by Gasteiger charge is 2.19. The van der Waals surface area contributed by atoms with Crippen molar-refractivity contribution in [1.29, 1.82) is 0 Å². The number of rotatable bonds is 4. The highest BCUT2D eigenvalue weighted by molar-refractivity contribution is 5.55. The Hall–Kier alpha value is -0.850. The average molecular weight is 192 g/mol. The van der Waals surface area contributed by atoms with Crippen LogP contribution < -0.4 is 0 Å². The normalized spacial score (nSPS) is 25.9. The summed E-state index contributed by atoms with van der Waals surface area (Å²) in [5.74, 6) is 0.752. The molecule has 0 fully saturated rings. The fourth-order valence-corrected chi connectivity index (χ4v) is 1.96. The van der Waals surface area contributed by atoms with Gasteiger partial charge in [0.05, 0.1) is 0 Å². The lowest BCUT2D eigenvalue weighted by molar-refractivity contribution is -0.112. The van der Waals surface area contributed by atoms with Gasteiger partial charge in [-0.3, -0.25) is 0 Å². The summed E-state index contributed by atoms with van der Waals surface area (Å²) >= 11 is 0. The van der Waals surface area contributed by atoms with Crippen LogP contribution in [0.25, 0.3) is 0 Å². The maximum absolute atomic E-state index is 10.8. The van der Waals surface area contributed by atoms with Crippen LogP contribution in [0.4, 0.5) is 0 Å². The lowest BCUT2D eigenvalue weighted by Gasteiger charge is -2.22. The Kier molecular flexibility index (Phi) is 4.64. The highest BCUT2D eigenvalue weighted by Crippen LogP contribution is 2.27. The molecule has 2 unspecified atom stereocenters. The van der Waals surface area contributed by atoms with Crippen LogP contribution in [0.5, 0.6) is 0 Å². The number of carbonyl (C=O) groups excluding carboxylic acids is 1. The molecule has 1 aliphatic carbocycles. The van der Waals surface area contributed by atoms with E-state index in [0.29, 0.717) is 5.92 Å². The molecule has 1 heteroatoms. The van der Waals surface area contributed by atoms with Gasteiger partial charge in [-0.2, -0.15) is 0 Å². The second-order valence-corrected chi connectivity index (χ2v) is 4.33. The maximum atomic E-state index is 10.8. The van der Waals surface area contributed by atoms with Crippen LogP contribution in [0.2, 0.25) is 0 Å². The van der Waals surface area contributed by atoms with Gasteiger partial charge in [-0.15, -0.1) is 0 Å². The van der Waals surface area contributed by atoms with Crippen LogP contribution in [0, 0.1) is 11.8 Å². The molecule has 78 valence electrons. The van der Waals surface area contributed by atoms with Gasteiger partial charge in [0.25, 0.3) is 0 Å². The molecule has 0 saturated carbocycles. The number of allylic oxidation sites excluding steroid dienone is 4. The highest BCUT2D eigenvalue weighted by atomic mass is 16.1. The predicted octanol–water partition coefficient (Wildman–Crippen LogP) is 3.51. The molecule has 0 heterocycles. The summed E-state index contributed by atoms with van der Waals surface area (Å²) in [6, 6.07) is 0. The van der Waals surface area contributed by atoms with Crippen molar-refractivity contribution >= 4 is 6.29 Å². The molecule has 0 bridgehead atoms. The van der Waals surface area contributed by atoms with Crippen molar-refractivity contribution in [3.8, 4) is 0 Å². The molecule has 14 heavy (non-hydrogen) atoms. The zero-order valence-electron chi connectivity index (χ0n) is 9.20. The molecule has 0 saturated heterocycles. The first-order chi connectivity index (χ1) is 6.74. The molecule has 1 rings (SSSR count). The first-order valence-corrected chi connectivity index (χ1v) is 5.49. The molecule has 0 aromatic carbocycles. The van der Waals surface area contributed by atoms with Gasteiger partial charge in [-0.25, -0.2) is 0 Å². The minimum Gasteiger partial charge on any atom is -0.303 e. The zero-order chi connectivity index (χ0) is 10.4. The van der Waals surface area contributed by atoms with Crippen molar-refractivity contribution in [2.75, 3.05) is 0 Å². The molecule has 1 nitrogen and oxygen atoms in total. The SMILES string of the molecule is CC(C)=CCCC1C=CCCC1C=O. The third kappa shape index (κ3) is 3.49. The van der Waals surface area contributed by atoms with Gasteiger partial charge in [0.15, 0.2) is 0 Å². The summed E-state index contributed by atoms with van der Waals surface area (Å²) in [7, 11) is 0. The van der Waals surface area contributed by atoms with Gasteiger partial charge in [0.2, 0.25) is 0 Å². The van der Waals surface area contributed by atoms with Gasteiger partial charge in [0.1, 0.15) is 6.29 Å². The van der Waals surface area contributed by atoms with E-state index < -0.39 is 0 Å². The second-order valence-electron chi connectivity index (χ2n) is 4.33. The molecule has 0 aromatic rings. The van der Waals surface area contributed by atoms with E-state index in [9.17, 15) is 4.79 Å². The summed E-state index contributed by atoms with van der Waals surface area (Å²) in [4.78, 5) is 10.8. The largest absolute Gasteiger partial charge is 0.303 e. The van der Waals surface area contributed by atoms with Crippen molar-refractivity contribution < 1.29 is 4.79 Å². The maximum Gasteiger partial charge on any atom is 0.123 e. The smallest absolute Gasteiger partial charge is 0.123 e. The third-order valence-electron chi connectivity index (χ3n) is 2.83. The molecule has 0 N–H and O–H groups in total. The molecule has 0 aliphatic heterocycles. The van der Waals surface area contributed by atoms with Gasteiger partial charge >= 0.3 is 0 Å². The van der Waals surface area contributed by atoms with E-state index >= 15 is 0 Å². The minimum atomic E-state index is 0.269. The van der Waals surface area contributed by atoms with Crippen molar-refractivity contribution in [3.63, 3.8) is 0 Å². The van der Waals surface area contributed by atoms with Gasteiger partial charge in [-0.1, -0.05) is 23.8 Å². The van der Waals surface area contributed by atoms with Crippen LogP contribution in [0.3, 0.4) is 0 Å².